The van der Waals surface area contributed by atoms with Gasteiger partial charge in [0.2, 0.25) is 0 Å². The zero-order valence-electron chi connectivity index (χ0n) is 8.37. The lowest BCUT2D eigenvalue weighted by atomic mass is 9.95. The van der Waals surface area contributed by atoms with Gasteiger partial charge in [-0.25, -0.2) is 0 Å². The first kappa shape index (κ1) is 10.3. The van der Waals surface area contributed by atoms with Crippen molar-refractivity contribution in [3.8, 4) is 6.07 Å². The number of likely N-dealkylation sites (tertiary alicyclic amines) is 1. The predicted octanol–water partition coefficient (Wildman–Crippen LogP) is 2.19. The van der Waals surface area contributed by atoms with Gasteiger partial charge in [-0.2, -0.15) is 5.26 Å². The van der Waals surface area contributed by atoms with Crippen LogP contribution in [-0.2, 0) is 0 Å². The summed E-state index contributed by atoms with van der Waals surface area (Å²) in [6.07, 6.45) is 7.50. The molecule has 72 valence electrons. The summed E-state index contributed by atoms with van der Waals surface area (Å²) in [7, 11) is 0. The SMILES string of the molecule is C/C=C/CN1CCCC(CC#N)C1. The molecule has 1 atom stereocenters. The Labute approximate surface area is 80.8 Å². The molecule has 1 aliphatic heterocycles. The summed E-state index contributed by atoms with van der Waals surface area (Å²) in [4.78, 5) is 2.44. The number of nitrogens with zero attached hydrogens (tertiary/aromatic N) is 2. The highest BCUT2D eigenvalue weighted by Crippen LogP contribution is 2.18. The topological polar surface area (TPSA) is 27.0 Å². The lowest BCUT2D eigenvalue weighted by molar-refractivity contribution is 0.193. The maximum atomic E-state index is 8.60. The summed E-state index contributed by atoms with van der Waals surface area (Å²) in [5, 5.41) is 8.60. The zero-order valence-corrected chi connectivity index (χ0v) is 8.37. The van der Waals surface area contributed by atoms with E-state index >= 15 is 0 Å². The Morgan fingerprint density at radius 1 is 1.62 bits per heavy atom. The summed E-state index contributed by atoms with van der Waals surface area (Å²) < 4.78 is 0. The minimum absolute atomic E-state index is 0.615. The molecule has 0 aromatic heterocycles. The summed E-state index contributed by atoms with van der Waals surface area (Å²) in [6.45, 7) is 5.42. The average molecular weight is 178 g/mol. The minimum Gasteiger partial charge on any atom is -0.299 e. The standard InChI is InChI=1S/C11H18N2/c1-2-3-8-13-9-4-5-11(10-13)6-7-12/h2-3,11H,4-6,8-10H2,1H3/b3-2+. The van der Waals surface area contributed by atoms with Crippen LogP contribution >= 0.6 is 0 Å². The fraction of sp³-hybridized carbons (Fsp3) is 0.727. The van der Waals surface area contributed by atoms with Gasteiger partial charge in [0.1, 0.15) is 0 Å². The minimum atomic E-state index is 0.615. The van der Waals surface area contributed by atoms with Gasteiger partial charge in [0, 0.05) is 19.5 Å². The third-order valence-corrected chi connectivity index (χ3v) is 2.58. The van der Waals surface area contributed by atoms with Crippen LogP contribution in [0.1, 0.15) is 26.2 Å². The number of allylic oxidation sites excluding steroid dienone is 1. The second kappa shape index (κ2) is 5.77. The number of piperidine rings is 1. The van der Waals surface area contributed by atoms with Crippen molar-refractivity contribution in [2.75, 3.05) is 19.6 Å². The highest BCUT2D eigenvalue weighted by atomic mass is 15.1. The first-order chi connectivity index (χ1) is 6.36. The fourth-order valence-corrected chi connectivity index (χ4v) is 1.87. The molecule has 0 aromatic carbocycles. The van der Waals surface area contributed by atoms with Crippen LogP contribution in [0.25, 0.3) is 0 Å². The summed E-state index contributed by atoms with van der Waals surface area (Å²) in [5.74, 6) is 0.615. The van der Waals surface area contributed by atoms with E-state index in [0.29, 0.717) is 5.92 Å². The highest BCUT2D eigenvalue weighted by molar-refractivity contribution is 4.86. The van der Waals surface area contributed by atoms with Crippen LogP contribution in [-0.4, -0.2) is 24.5 Å². The Kier molecular flexibility index (Phi) is 4.56. The fourth-order valence-electron chi connectivity index (χ4n) is 1.87. The predicted molar refractivity (Wildman–Crippen MR) is 54.2 cm³/mol. The van der Waals surface area contributed by atoms with E-state index in [9.17, 15) is 0 Å². The number of hydrogen-bond acceptors (Lipinski definition) is 2. The normalized spacial score (nSPS) is 24.8. The van der Waals surface area contributed by atoms with Crippen molar-refractivity contribution in [3.63, 3.8) is 0 Å². The maximum Gasteiger partial charge on any atom is 0.0625 e. The highest BCUT2D eigenvalue weighted by Gasteiger charge is 2.18. The van der Waals surface area contributed by atoms with Crippen molar-refractivity contribution < 1.29 is 0 Å². The van der Waals surface area contributed by atoms with Crippen LogP contribution in [0, 0.1) is 17.2 Å². The van der Waals surface area contributed by atoms with E-state index in [1.807, 2.05) is 0 Å². The molecule has 2 heteroatoms. The van der Waals surface area contributed by atoms with E-state index in [-0.39, 0.29) is 0 Å². The molecule has 0 aliphatic carbocycles. The van der Waals surface area contributed by atoms with Gasteiger partial charge in [0.05, 0.1) is 6.07 Å². The van der Waals surface area contributed by atoms with Crippen molar-refractivity contribution >= 4 is 0 Å². The molecule has 1 heterocycles. The van der Waals surface area contributed by atoms with Gasteiger partial charge in [-0.05, 0) is 32.2 Å². The Balaban J connectivity index is 2.29. The third-order valence-electron chi connectivity index (χ3n) is 2.58. The lowest BCUT2D eigenvalue weighted by Gasteiger charge is -2.30. The number of hydrogen-bond donors (Lipinski definition) is 0. The quantitative estimate of drug-likeness (QED) is 0.619. The van der Waals surface area contributed by atoms with Crippen molar-refractivity contribution in [1.29, 1.82) is 5.26 Å². The molecule has 1 rings (SSSR count). The van der Waals surface area contributed by atoms with E-state index in [4.69, 9.17) is 5.26 Å². The summed E-state index contributed by atoms with van der Waals surface area (Å²) in [6, 6.07) is 2.27. The Bertz CT molecular complexity index is 203. The summed E-state index contributed by atoms with van der Waals surface area (Å²) >= 11 is 0. The van der Waals surface area contributed by atoms with Gasteiger partial charge in [0.25, 0.3) is 0 Å². The van der Waals surface area contributed by atoms with Crippen LogP contribution in [0.2, 0.25) is 0 Å². The molecular formula is C11H18N2. The molecule has 0 N–H and O–H groups in total. The van der Waals surface area contributed by atoms with E-state index in [0.717, 1.165) is 19.5 Å². The summed E-state index contributed by atoms with van der Waals surface area (Å²) in [5.41, 5.74) is 0. The van der Waals surface area contributed by atoms with Gasteiger partial charge in [-0.15, -0.1) is 0 Å². The molecule has 0 spiro atoms. The first-order valence-corrected chi connectivity index (χ1v) is 5.07. The Hall–Kier alpha value is -0.810. The number of rotatable bonds is 3. The second-order valence-electron chi connectivity index (χ2n) is 3.70. The van der Waals surface area contributed by atoms with Crippen LogP contribution in [0.15, 0.2) is 12.2 Å². The monoisotopic (exact) mass is 178 g/mol. The molecular weight excluding hydrogens is 160 g/mol. The van der Waals surface area contributed by atoms with Crippen LogP contribution < -0.4 is 0 Å². The molecule has 2 nitrogen and oxygen atoms in total. The Morgan fingerprint density at radius 2 is 2.46 bits per heavy atom. The van der Waals surface area contributed by atoms with Gasteiger partial charge >= 0.3 is 0 Å². The molecule has 0 saturated carbocycles. The van der Waals surface area contributed by atoms with Gasteiger partial charge in [-0.1, -0.05) is 12.2 Å². The maximum absolute atomic E-state index is 8.60. The van der Waals surface area contributed by atoms with Gasteiger partial charge in [0.15, 0.2) is 0 Å². The number of nitriles is 1. The van der Waals surface area contributed by atoms with Crippen molar-refractivity contribution in [2.45, 2.75) is 26.2 Å². The average Bonchev–Trinajstić information content (AvgIpc) is 2.16. The van der Waals surface area contributed by atoms with Gasteiger partial charge in [-0.3, -0.25) is 4.90 Å². The second-order valence-corrected chi connectivity index (χ2v) is 3.70. The van der Waals surface area contributed by atoms with Crippen LogP contribution in [0.3, 0.4) is 0 Å². The van der Waals surface area contributed by atoms with E-state index in [1.54, 1.807) is 0 Å². The van der Waals surface area contributed by atoms with Crippen molar-refractivity contribution in [2.24, 2.45) is 5.92 Å². The van der Waals surface area contributed by atoms with Crippen molar-refractivity contribution in [3.05, 3.63) is 12.2 Å². The smallest absolute Gasteiger partial charge is 0.0625 e. The van der Waals surface area contributed by atoms with E-state index in [1.165, 1.54) is 19.4 Å². The lowest BCUT2D eigenvalue weighted by Crippen LogP contribution is -2.35. The molecule has 1 saturated heterocycles. The van der Waals surface area contributed by atoms with Crippen LogP contribution in [0.5, 0.6) is 0 Å². The molecule has 1 aliphatic rings. The first-order valence-electron chi connectivity index (χ1n) is 5.07. The molecule has 0 amide bonds. The van der Waals surface area contributed by atoms with Crippen LogP contribution in [0.4, 0.5) is 0 Å². The molecule has 0 bridgehead atoms. The van der Waals surface area contributed by atoms with E-state index < -0.39 is 0 Å². The molecule has 0 aromatic rings. The van der Waals surface area contributed by atoms with E-state index in [2.05, 4.69) is 30.0 Å². The molecule has 1 fully saturated rings. The molecule has 13 heavy (non-hydrogen) atoms. The molecule has 1 unspecified atom stereocenters. The molecule has 0 radical (unpaired) electrons. The largest absolute Gasteiger partial charge is 0.299 e. The van der Waals surface area contributed by atoms with Crippen molar-refractivity contribution in [1.82, 2.24) is 4.90 Å². The van der Waals surface area contributed by atoms with Gasteiger partial charge < -0.3 is 0 Å². The Morgan fingerprint density at radius 3 is 3.15 bits per heavy atom. The zero-order chi connectivity index (χ0) is 9.52. The third kappa shape index (κ3) is 3.61.